The van der Waals surface area contributed by atoms with Gasteiger partial charge >= 0.3 is 5.97 Å². The Morgan fingerprint density at radius 2 is 1.81 bits per heavy atom. The molecule has 4 rings (SSSR count). The van der Waals surface area contributed by atoms with Crippen LogP contribution in [0.1, 0.15) is 24.2 Å². The van der Waals surface area contributed by atoms with E-state index in [2.05, 4.69) is 0 Å². The average molecular weight is 432 g/mol. The van der Waals surface area contributed by atoms with Gasteiger partial charge in [0.1, 0.15) is 11.5 Å². The highest BCUT2D eigenvalue weighted by Gasteiger charge is 2.20. The number of aliphatic hydroxyl groups is 1. The van der Waals surface area contributed by atoms with Crippen molar-refractivity contribution >= 4 is 33.5 Å². The number of rotatable bonds is 6. The third kappa shape index (κ3) is 4.45. The van der Waals surface area contributed by atoms with Crippen molar-refractivity contribution in [1.29, 1.82) is 0 Å². The van der Waals surface area contributed by atoms with E-state index in [0.717, 1.165) is 37.7 Å². The number of carboxylic acids is 1. The van der Waals surface area contributed by atoms with Gasteiger partial charge in [-0.2, -0.15) is 0 Å². The Balaban J connectivity index is 1.80. The molecular formula is C25H20O5S. The van der Waals surface area contributed by atoms with Crippen LogP contribution in [0, 0.1) is 0 Å². The van der Waals surface area contributed by atoms with Gasteiger partial charge in [-0.25, -0.2) is 4.79 Å². The summed E-state index contributed by atoms with van der Waals surface area (Å²) in [6.45, 7) is 1.72. The van der Waals surface area contributed by atoms with Crippen LogP contribution >= 0.6 is 11.3 Å². The number of aliphatic carboxylic acids is 1. The third-order valence-electron chi connectivity index (χ3n) is 4.80. The quantitative estimate of drug-likeness (QED) is 0.315. The standard InChI is InChI=1S/C25H20O5S/c1-15(26)19-4-2-3-5-20(19)25-24(21-12-9-17(27)14-22(21)31-25)30-18-10-6-16(7-11-18)8-13-23(28)29/h2-15,26-27H,1H3,(H,28,29)/b13-8+/t15-/m0/s1. The number of phenols is 1. The highest BCUT2D eigenvalue weighted by atomic mass is 32.1. The van der Waals surface area contributed by atoms with Crippen LogP contribution < -0.4 is 4.74 Å². The van der Waals surface area contributed by atoms with Gasteiger partial charge < -0.3 is 20.1 Å². The summed E-state index contributed by atoms with van der Waals surface area (Å²) < 4.78 is 7.15. The number of carbonyl (C=O) groups is 1. The first-order valence-corrected chi connectivity index (χ1v) is 10.5. The van der Waals surface area contributed by atoms with Gasteiger partial charge in [0.2, 0.25) is 0 Å². The fraction of sp³-hybridized carbons (Fsp3) is 0.0800. The molecular weight excluding hydrogens is 412 g/mol. The maximum absolute atomic E-state index is 10.7. The number of benzene rings is 3. The van der Waals surface area contributed by atoms with E-state index in [0.29, 0.717) is 11.5 Å². The van der Waals surface area contributed by atoms with E-state index in [9.17, 15) is 15.0 Å². The second-order valence-corrected chi connectivity index (χ2v) is 8.10. The van der Waals surface area contributed by atoms with E-state index >= 15 is 0 Å². The van der Waals surface area contributed by atoms with Crippen molar-refractivity contribution in [3.63, 3.8) is 0 Å². The van der Waals surface area contributed by atoms with Gasteiger partial charge in [0.05, 0.1) is 11.0 Å². The molecule has 6 heteroatoms. The van der Waals surface area contributed by atoms with Crippen molar-refractivity contribution < 1.29 is 24.9 Å². The van der Waals surface area contributed by atoms with Crippen molar-refractivity contribution in [3.05, 3.63) is 83.9 Å². The summed E-state index contributed by atoms with van der Waals surface area (Å²) in [5.74, 6) is 0.401. The predicted molar refractivity (Wildman–Crippen MR) is 123 cm³/mol. The fourth-order valence-electron chi connectivity index (χ4n) is 3.34. The highest BCUT2D eigenvalue weighted by molar-refractivity contribution is 7.22. The van der Waals surface area contributed by atoms with Crippen LogP contribution in [0.5, 0.6) is 17.2 Å². The first-order valence-electron chi connectivity index (χ1n) is 9.64. The zero-order valence-corrected chi connectivity index (χ0v) is 17.5. The van der Waals surface area contributed by atoms with Gasteiger partial charge in [0.15, 0.2) is 5.75 Å². The predicted octanol–water partition coefficient (Wildman–Crippen LogP) is 6.22. The van der Waals surface area contributed by atoms with Crippen molar-refractivity contribution in [2.24, 2.45) is 0 Å². The molecule has 1 aromatic heterocycles. The normalized spacial score (nSPS) is 12.3. The smallest absolute Gasteiger partial charge is 0.328 e. The van der Waals surface area contributed by atoms with Gasteiger partial charge in [-0.05, 0) is 54.5 Å². The average Bonchev–Trinajstić information content (AvgIpc) is 3.10. The number of hydrogen-bond acceptors (Lipinski definition) is 5. The Kier molecular flexibility index (Phi) is 5.75. The molecule has 3 N–H and O–H groups in total. The SMILES string of the molecule is C[C@H](O)c1ccccc1-c1sc2cc(O)ccc2c1Oc1ccc(/C=C/C(=O)O)cc1. The molecule has 3 aromatic carbocycles. The summed E-state index contributed by atoms with van der Waals surface area (Å²) >= 11 is 1.48. The lowest BCUT2D eigenvalue weighted by Gasteiger charge is -2.13. The number of ether oxygens (including phenoxy) is 1. The minimum Gasteiger partial charge on any atom is -0.508 e. The van der Waals surface area contributed by atoms with E-state index in [1.165, 1.54) is 17.4 Å². The molecule has 0 radical (unpaired) electrons. The number of phenolic OH excluding ortho intramolecular Hbond substituents is 1. The number of carboxylic acid groups (broad SMARTS) is 1. The zero-order valence-electron chi connectivity index (χ0n) is 16.6. The van der Waals surface area contributed by atoms with E-state index < -0.39 is 12.1 Å². The topological polar surface area (TPSA) is 87.0 Å². The second-order valence-electron chi connectivity index (χ2n) is 7.05. The molecule has 0 spiro atoms. The monoisotopic (exact) mass is 432 g/mol. The molecule has 0 saturated heterocycles. The third-order valence-corrected chi connectivity index (χ3v) is 5.97. The Bertz CT molecular complexity index is 1270. The zero-order chi connectivity index (χ0) is 22.0. The lowest BCUT2D eigenvalue weighted by Crippen LogP contribution is -1.94. The summed E-state index contributed by atoms with van der Waals surface area (Å²) in [7, 11) is 0. The summed E-state index contributed by atoms with van der Waals surface area (Å²) in [6.07, 6.45) is 1.95. The molecule has 0 aliphatic heterocycles. The first-order chi connectivity index (χ1) is 14.9. The van der Waals surface area contributed by atoms with Crippen LogP contribution in [-0.4, -0.2) is 21.3 Å². The molecule has 4 aromatic rings. The molecule has 0 aliphatic carbocycles. The maximum atomic E-state index is 10.7. The second kappa shape index (κ2) is 8.63. The molecule has 0 fully saturated rings. The number of hydrogen-bond donors (Lipinski definition) is 3. The van der Waals surface area contributed by atoms with E-state index in [-0.39, 0.29) is 5.75 Å². The van der Waals surface area contributed by atoms with Crippen LogP contribution in [-0.2, 0) is 4.79 Å². The first kappa shape index (κ1) is 20.7. The molecule has 5 nitrogen and oxygen atoms in total. The van der Waals surface area contributed by atoms with Gasteiger partial charge in [0.25, 0.3) is 0 Å². The van der Waals surface area contributed by atoms with Crippen molar-refractivity contribution in [2.45, 2.75) is 13.0 Å². The van der Waals surface area contributed by atoms with Crippen LogP contribution in [0.3, 0.4) is 0 Å². The summed E-state index contributed by atoms with van der Waals surface area (Å²) in [5, 5.41) is 29.8. The summed E-state index contributed by atoms with van der Waals surface area (Å²) in [4.78, 5) is 11.6. The lowest BCUT2D eigenvalue weighted by molar-refractivity contribution is -0.131. The van der Waals surface area contributed by atoms with Crippen LogP contribution in [0.4, 0.5) is 0 Å². The molecule has 1 heterocycles. The molecule has 156 valence electrons. The van der Waals surface area contributed by atoms with Crippen molar-refractivity contribution in [2.75, 3.05) is 0 Å². The van der Waals surface area contributed by atoms with E-state index in [1.54, 1.807) is 43.3 Å². The molecule has 0 amide bonds. The Morgan fingerprint density at radius 3 is 2.52 bits per heavy atom. The number of thiophene rings is 1. The van der Waals surface area contributed by atoms with Crippen LogP contribution in [0.15, 0.2) is 72.8 Å². The van der Waals surface area contributed by atoms with Crippen molar-refractivity contribution in [1.82, 2.24) is 0 Å². The minimum atomic E-state index is -1.00. The largest absolute Gasteiger partial charge is 0.508 e. The highest BCUT2D eigenvalue weighted by Crippen LogP contribution is 2.48. The number of aromatic hydroxyl groups is 1. The molecule has 0 bridgehead atoms. The van der Waals surface area contributed by atoms with Gasteiger partial charge in [-0.15, -0.1) is 11.3 Å². The van der Waals surface area contributed by atoms with Crippen LogP contribution in [0.2, 0.25) is 0 Å². The molecule has 0 aliphatic rings. The molecule has 0 saturated carbocycles. The van der Waals surface area contributed by atoms with Gasteiger partial charge in [-0.3, -0.25) is 0 Å². The molecule has 0 unspecified atom stereocenters. The molecule has 1 atom stereocenters. The summed E-state index contributed by atoms with van der Waals surface area (Å²) in [5.41, 5.74) is 2.40. The summed E-state index contributed by atoms with van der Waals surface area (Å²) in [6, 6.07) is 19.9. The van der Waals surface area contributed by atoms with Gasteiger partial charge in [0, 0.05) is 21.7 Å². The minimum absolute atomic E-state index is 0.172. The number of aliphatic hydroxyl groups excluding tert-OH is 1. The van der Waals surface area contributed by atoms with E-state index in [1.807, 2.05) is 30.3 Å². The van der Waals surface area contributed by atoms with Crippen molar-refractivity contribution in [3.8, 4) is 27.7 Å². The van der Waals surface area contributed by atoms with Gasteiger partial charge in [-0.1, -0.05) is 36.4 Å². The number of fused-ring (bicyclic) bond motifs is 1. The lowest BCUT2D eigenvalue weighted by atomic mass is 10.0. The Morgan fingerprint density at radius 1 is 1.06 bits per heavy atom. The Hall–Kier alpha value is -3.61. The van der Waals surface area contributed by atoms with E-state index in [4.69, 9.17) is 9.84 Å². The fourth-order valence-corrected chi connectivity index (χ4v) is 4.55. The Labute approximate surface area is 183 Å². The molecule has 31 heavy (non-hydrogen) atoms. The van der Waals surface area contributed by atoms with Crippen LogP contribution in [0.25, 0.3) is 26.6 Å². The maximum Gasteiger partial charge on any atom is 0.328 e.